The summed E-state index contributed by atoms with van der Waals surface area (Å²) >= 11 is 7.68. The molecule has 1 aliphatic rings. The largest absolute Gasteiger partial charge is 0.356 e. The van der Waals surface area contributed by atoms with E-state index in [9.17, 15) is 9.59 Å². The first-order chi connectivity index (χ1) is 13.0. The van der Waals surface area contributed by atoms with E-state index in [1.54, 1.807) is 11.3 Å². The summed E-state index contributed by atoms with van der Waals surface area (Å²) in [5, 5.41) is 4.81. The second-order valence-corrected chi connectivity index (χ2v) is 9.02. The Balaban J connectivity index is 1.64. The lowest BCUT2D eigenvalue weighted by Crippen LogP contribution is -2.36. The predicted octanol–water partition coefficient (Wildman–Crippen LogP) is 5.17. The molecule has 0 aliphatic heterocycles. The van der Waals surface area contributed by atoms with E-state index in [1.807, 2.05) is 25.1 Å². The minimum Gasteiger partial charge on any atom is -0.356 e. The van der Waals surface area contributed by atoms with E-state index in [0.29, 0.717) is 30.8 Å². The van der Waals surface area contributed by atoms with Crippen molar-refractivity contribution < 1.29 is 9.59 Å². The Bertz CT molecular complexity index is 799. The van der Waals surface area contributed by atoms with Crippen LogP contribution in [0.5, 0.6) is 0 Å². The third-order valence-corrected chi connectivity index (χ3v) is 6.59. The number of hydrogen-bond acceptors (Lipinski definition) is 4. The highest BCUT2D eigenvalue weighted by molar-refractivity contribution is 7.18. The van der Waals surface area contributed by atoms with Crippen molar-refractivity contribution >= 4 is 44.8 Å². The van der Waals surface area contributed by atoms with E-state index in [0.717, 1.165) is 40.9 Å². The molecule has 0 unspecified atom stereocenters. The van der Waals surface area contributed by atoms with Gasteiger partial charge in [0.25, 0.3) is 0 Å². The number of nitrogens with zero attached hydrogens (tertiary/aromatic N) is 1. The van der Waals surface area contributed by atoms with Gasteiger partial charge in [0.05, 0.1) is 15.2 Å². The van der Waals surface area contributed by atoms with Gasteiger partial charge in [0, 0.05) is 36.7 Å². The molecule has 2 aromatic rings. The first-order valence-corrected chi connectivity index (χ1v) is 11.1. The Morgan fingerprint density at radius 3 is 2.81 bits per heavy atom. The zero-order valence-corrected chi connectivity index (χ0v) is 17.4. The van der Waals surface area contributed by atoms with E-state index in [1.165, 1.54) is 6.42 Å². The van der Waals surface area contributed by atoms with Gasteiger partial charge in [-0.15, -0.1) is 11.3 Å². The lowest BCUT2D eigenvalue weighted by molar-refractivity contribution is -0.126. The molecule has 1 N–H and O–H groups in total. The lowest BCUT2D eigenvalue weighted by atomic mass is 9.88. The van der Waals surface area contributed by atoms with Gasteiger partial charge in [-0.05, 0) is 37.0 Å². The van der Waals surface area contributed by atoms with Crippen molar-refractivity contribution in [2.45, 2.75) is 58.3 Å². The number of halogens is 1. The molecule has 1 atom stereocenters. The number of nitrogens with one attached hydrogen (secondary N) is 1. The number of Topliss-reactive ketones (excluding diaryl/α,β-unsaturated/α-hetero) is 1. The second kappa shape index (κ2) is 9.65. The van der Waals surface area contributed by atoms with Gasteiger partial charge in [0.15, 0.2) is 0 Å². The first-order valence-electron chi connectivity index (χ1n) is 9.89. The van der Waals surface area contributed by atoms with Crippen LogP contribution in [0.1, 0.15) is 56.9 Å². The molecule has 1 heterocycles. The molecule has 0 radical (unpaired) electrons. The number of thiazole rings is 1. The summed E-state index contributed by atoms with van der Waals surface area (Å²) in [6.07, 6.45) is 7.22. The maximum Gasteiger partial charge on any atom is 0.223 e. The Kier molecular flexibility index (Phi) is 7.25. The minimum absolute atomic E-state index is 0.0843. The van der Waals surface area contributed by atoms with Crippen LogP contribution in [0.15, 0.2) is 18.2 Å². The zero-order chi connectivity index (χ0) is 19.2. The third-order valence-electron chi connectivity index (χ3n) is 5.31. The monoisotopic (exact) mass is 406 g/mol. The number of carbonyl (C=O) groups excluding carboxylic acids is 2. The Labute approximate surface area is 169 Å². The van der Waals surface area contributed by atoms with Gasteiger partial charge < -0.3 is 5.32 Å². The van der Waals surface area contributed by atoms with Crippen LogP contribution in [0.2, 0.25) is 5.02 Å². The van der Waals surface area contributed by atoms with Crippen LogP contribution >= 0.6 is 22.9 Å². The van der Waals surface area contributed by atoms with E-state index < -0.39 is 0 Å². The molecule has 3 rings (SSSR count). The first kappa shape index (κ1) is 20.3. The predicted molar refractivity (Wildman–Crippen MR) is 111 cm³/mol. The highest BCUT2D eigenvalue weighted by Gasteiger charge is 2.23. The van der Waals surface area contributed by atoms with Gasteiger partial charge in [-0.1, -0.05) is 37.8 Å². The highest BCUT2D eigenvalue weighted by Crippen LogP contribution is 2.28. The van der Waals surface area contributed by atoms with Crippen LogP contribution < -0.4 is 5.32 Å². The molecule has 1 fully saturated rings. The van der Waals surface area contributed by atoms with E-state index in [4.69, 9.17) is 11.6 Å². The van der Waals surface area contributed by atoms with Crippen molar-refractivity contribution in [3.63, 3.8) is 0 Å². The zero-order valence-electron chi connectivity index (χ0n) is 15.8. The fraction of sp³-hybridized carbons (Fsp3) is 0.571. The van der Waals surface area contributed by atoms with Crippen molar-refractivity contribution in [1.29, 1.82) is 0 Å². The number of aromatic nitrogens is 1. The number of carbonyl (C=O) groups is 2. The SMILES string of the molecule is CCC(=O)C[C@H](CNC(=O)C1CCCCC1)Cc1nc2ccc(Cl)cc2s1. The molecular weight excluding hydrogens is 380 g/mol. The van der Waals surface area contributed by atoms with Gasteiger partial charge in [0.2, 0.25) is 5.91 Å². The average Bonchev–Trinajstić information content (AvgIpc) is 3.07. The standard InChI is InChI=1S/C21H27ClN2O2S/c1-2-17(25)10-14(13-23-21(26)15-6-4-3-5-7-15)11-20-24-18-9-8-16(22)12-19(18)27-20/h8-9,12,14-15H,2-7,10-11,13H2,1H3,(H,23,26)/t14-/m0/s1. The molecule has 1 aliphatic carbocycles. The number of hydrogen-bond donors (Lipinski definition) is 1. The molecule has 146 valence electrons. The minimum atomic E-state index is 0.0843. The Hall–Kier alpha value is -1.46. The van der Waals surface area contributed by atoms with Crippen LogP contribution in [-0.2, 0) is 16.0 Å². The summed E-state index contributed by atoms with van der Waals surface area (Å²) in [5.74, 6) is 0.614. The van der Waals surface area contributed by atoms with Gasteiger partial charge in [-0.25, -0.2) is 4.98 Å². The van der Waals surface area contributed by atoms with Crippen LogP contribution in [0.25, 0.3) is 10.2 Å². The fourth-order valence-corrected chi connectivity index (χ4v) is 5.08. The second-order valence-electron chi connectivity index (χ2n) is 7.47. The van der Waals surface area contributed by atoms with Crippen molar-refractivity contribution in [2.24, 2.45) is 11.8 Å². The molecule has 1 amide bonds. The van der Waals surface area contributed by atoms with Crippen molar-refractivity contribution in [2.75, 3.05) is 6.54 Å². The normalized spacial score (nSPS) is 16.4. The molecule has 6 heteroatoms. The van der Waals surface area contributed by atoms with Gasteiger partial charge >= 0.3 is 0 Å². The maximum atomic E-state index is 12.5. The topological polar surface area (TPSA) is 59.1 Å². The van der Waals surface area contributed by atoms with E-state index >= 15 is 0 Å². The van der Waals surface area contributed by atoms with Crippen LogP contribution in [0, 0.1) is 11.8 Å². The summed E-state index contributed by atoms with van der Waals surface area (Å²) in [7, 11) is 0. The molecule has 1 saturated carbocycles. The average molecular weight is 407 g/mol. The van der Waals surface area contributed by atoms with Crippen molar-refractivity contribution in [1.82, 2.24) is 10.3 Å². The molecular formula is C21H27ClN2O2S. The van der Waals surface area contributed by atoms with Gasteiger partial charge in [-0.3, -0.25) is 9.59 Å². The quantitative estimate of drug-likeness (QED) is 0.657. The molecule has 1 aromatic carbocycles. The summed E-state index contributed by atoms with van der Waals surface area (Å²) in [4.78, 5) is 29.2. The lowest BCUT2D eigenvalue weighted by Gasteiger charge is -2.22. The van der Waals surface area contributed by atoms with Gasteiger partial charge in [-0.2, -0.15) is 0 Å². The Morgan fingerprint density at radius 1 is 1.30 bits per heavy atom. The molecule has 4 nitrogen and oxygen atoms in total. The number of benzene rings is 1. The summed E-state index contributed by atoms with van der Waals surface area (Å²) in [6, 6.07) is 5.69. The number of ketones is 1. The summed E-state index contributed by atoms with van der Waals surface area (Å²) in [5.41, 5.74) is 0.936. The molecule has 0 saturated heterocycles. The van der Waals surface area contributed by atoms with Crippen LogP contribution in [0.3, 0.4) is 0 Å². The summed E-state index contributed by atoms with van der Waals surface area (Å²) < 4.78 is 1.06. The third kappa shape index (κ3) is 5.76. The van der Waals surface area contributed by atoms with E-state index in [-0.39, 0.29) is 23.5 Å². The highest BCUT2D eigenvalue weighted by atomic mass is 35.5. The molecule has 1 aromatic heterocycles. The van der Waals surface area contributed by atoms with E-state index in [2.05, 4.69) is 10.3 Å². The number of rotatable bonds is 8. The molecule has 27 heavy (non-hydrogen) atoms. The van der Waals surface area contributed by atoms with Crippen molar-refractivity contribution in [3.8, 4) is 0 Å². The van der Waals surface area contributed by atoms with Crippen molar-refractivity contribution in [3.05, 3.63) is 28.2 Å². The number of fused-ring (bicyclic) bond motifs is 1. The Morgan fingerprint density at radius 2 is 2.07 bits per heavy atom. The smallest absolute Gasteiger partial charge is 0.223 e. The maximum absolute atomic E-state index is 12.5. The summed E-state index contributed by atoms with van der Waals surface area (Å²) in [6.45, 7) is 2.43. The molecule has 0 spiro atoms. The number of amides is 1. The van der Waals surface area contributed by atoms with Crippen LogP contribution in [0.4, 0.5) is 0 Å². The fourth-order valence-electron chi connectivity index (χ4n) is 3.72. The van der Waals surface area contributed by atoms with Gasteiger partial charge in [0.1, 0.15) is 5.78 Å². The molecule has 0 bridgehead atoms. The van der Waals surface area contributed by atoms with Crippen LogP contribution in [-0.4, -0.2) is 23.2 Å².